The molecular weight excluding hydrogens is 448 g/mol. The first kappa shape index (κ1) is 22.6. The summed E-state index contributed by atoms with van der Waals surface area (Å²) in [5.41, 5.74) is 2.23. The second-order valence-electron chi connectivity index (χ2n) is 8.18. The molecular formula is C27H24N2O6. The van der Waals surface area contributed by atoms with E-state index in [2.05, 4.69) is 0 Å². The molecule has 0 bridgehead atoms. The van der Waals surface area contributed by atoms with Crippen LogP contribution in [0.2, 0.25) is 0 Å². The molecule has 2 aliphatic rings. The average molecular weight is 472 g/mol. The van der Waals surface area contributed by atoms with E-state index in [1.807, 2.05) is 37.3 Å². The third-order valence-corrected chi connectivity index (χ3v) is 6.21. The zero-order chi connectivity index (χ0) is 24.5. The Kier molecular flexibility index (Phi) is 5.96. The molecule has 2 fully saturated rings. The summed E-state index contributed by atoms with van der Waals surface area (Å²) in [6, 6.07) is 22.5. The lowest BCUT2D eigenvalue weighted by molar-refractivity contribution is -0.126. The minimum Gasteiger partial charge on any atom is -0.492 e. The van der Waals surface area contributed by atoms with Crippen LogP contribution in [0.25, 0.3) is 0 Å². The Balaban J connectivity index is 1.56. The number of esters is 1. The number of methoxy groups -OCH3 is 1. The van der Waals surface area contributed by atoms with Crippen LogP contribution in [0.15, 0.2) is 78.9 Å². The lowest BCUT2D eigenvalue weighted by Gasteiger charge is -2.29. The largest absolute Gasteiger partial charge is 0.492 e. The number of para-hydroxylation sites is 3. The van der Waals surface area contributed by atoms with Crippen molar-refractivity contribution in [2.24, 2.45) is 5.92 Å². The summed E-state index contributed by atoms with van der Waals surface area (Å²) < 4.78 is 10.5. The highest BCUT2D eigenvalue weighted by Gasteiger charge is 2.60. The summed E-state index contributed by atoms with van der Waals surface area (Å²) in [6.07, 6.45) is -0.998. The van der Waals surface area contributed by atoms with Gasteiger partial charge in [0.25, 0.3) is 5.91 Å². The molecule has 0 N–H and O–H groups in total. The van der Waals surface area contributed by atoms with Crippen molar-refractivity contribution in [3.8, 4) is 5.75 Å². The number of amides is 2. The van der Waals surface area contributed by atoms with Gasteiger partial charge in [-0.05, 0) is 48.9 Å². The molecule has 3 aromatic carbocycles. The van der Waals surface area contributed by atoms with Crippen LogP contribution < -0.4 is 14.7 Å². The number of hydrogen-bond donors (Lipinski definition) is 0. The number of nitrogens with zero attached hydrogens (tertiary/aromatic N) is 2. The molecule has 2 aliphatic heterocycles. The van der Waals surface area contributed by atoms with Crippen molar-refractivity contribution in [3.63, 3.8) is 0 Å². The fourth-order valence-corrected chi connectivity index (χ4v) is 4.64. The lowest BCUT2D eigenvalue weighted by Crippen LogP contribution is -2.37. The van der Waals surface area contributed by atoms with Crippen molar-refractivity contribution in [3.05, 3.63) is 90.0 Å². The van der Waals surface area contributed by atoms with Crippen LogP contribution >= 0.6 is 0 Å². The Morgan fingerprint density at radius 2 is 1.60 bits per heavy atom. The molecule has 35 heavy (non-hydrogen) atoms. The predicted octanol–water partition coefficient (Wildman–Crippen LogP) is 3.92. The van der Waals surface area contributed by atoms with Crippen LogP contribution in [0.3, 0.4) is 0 Å². The van der Waals surface area contributed by atoms with Crippen LogP contribution in [0.5, 0.6) is 5.75 Å². The van der Waals surface area contributed by atoms with Gasteiger partial charge in [0.15, 0.2) is 6.10 Å². The van der Waals surface area contributed by atoms with E-state index in [0.29, 0.717) is 29.3 Å². The molecule has 5 rings (SSSR count). The SMILES string of the molecule is CCOc1ccccc1N1C(=O)[C@H]2[C@@H](c3ccc(C(=O)OC)cc3)N(c3ccccc3)O[C@H]2C1=O. The van der Waals surface area contributed by atoms with E-state index in [4.69, 9.17) is 14.3 Å². The van der Waals surface area contributed by atoms with E-state index < -0.39 is 29.9 Å². The first-order valence-corrected chi connectivity index (χ1v) is 11.3. The smallest absolute Gasteiger partial charge is 0.337 e. The summed E-state index contributed by atoms with van der Waals surface area (Å²) in [5, 5.41) is 1.62. The first-order chi connectivity index (χ1) is 17.0. The molecule has 0 radical (unpaired) electrons. The van der Waals surface area contributed by atoms with Crippen LogP contribution in [0.4, 0.5) is 11.4 Å². The lowest BCUT2D eigenvalue weighted by atomic mass is 9.90. The fraction of sp³-hybridized carbons (Fsp3) is 0.222. The number of ether oxygens (including phenoxy) is 2. The molecule has 0 aliphatic carbocycles. The molecule has 0 aromatic heterocycles. The monoisotopic (exact) mass is 472 g/mol. The van der Waals surface area contributed by atoms with E-state index in [1.54, 1.807) is 53.6 Å². The number of anilines is 2. The zero-order valence-electron chi connectivity index (χ0n) is 19.3. The van der Waals surface area contributed by atoms with Gasteiger partial charge in [0.1, 0.15) is 11.7 Å². The maximum atomic E-state index is 13.8. The highest BCUT2D eigenvalue weighted by molar-refractivity contribution is 6.24. The first-order valence-electron chi connectivity index (χ1n) is 11.3. The second kappa shape index (κ2) is 9.23. The van der Waals surface area contributed by atoms with Gasteiger partial charge in [0, 0.05) is 0 Å². The van der Waals surface area contributed by atoms with E-state index >= 15 is 0 Å². The number of rotatable bonds is 6. The van der Waals surface area contributed by atoms with Gasteiger partial charge in [0.05, 0.1) is 36.7 Å². The Morgan fingerprint density at radius 3 is 2.29 bits per heavy atom. The van der Waals surface area contributed by atoms with Gasteiger partial charge in [-0.15, -0.1) is 0 Å². The molecule has 178 valence electrons. The molecule has 0 unspecified atom stereocenters. The average Bonchev–Trinajstić information content (AvgIpc) is 3.40. The summed E-state index contributed by atoms with van der Waals surface area (Å²) in [7, 11) is 1.32. The van der Waals surface area contributed by atoms with Crippen molar-refractivity contribution in [1.29, 1.82) is 0 Å². The number of benzene rings is 3. The van der Waals surface area contributed by atoms with E-state index in [0.717, 1.165) is 5.56 Å². The second-order valence-corrected chi connectivity index (χ2v) is 8.18. The maximum Gasteiger partial charge on any atom is 0.337 e. The number of hydrogen-bond acceptors (Lipinski definition) is 7. The summed E-state index contributed by atoms with van der Waals surface area (Å²) in [6.45, 7) is 2.24. The highest BCUT2D eigenvalue weighted by Crippen LogP contribution is 2.48. The quantitative estimate of drug-likeness (QED) is 0.397. The molecule has 2 heterocycles. The normalized spacial score (nSPS) is 21.3. The van der Waals surface area contributed by atoms with Crippen LogP contribution in [0, 0.1) is 5.92 Å². The molecule has 8 heteroatoms. The summed E-state index contributed by atoms with van der Waals surface area (Å²) in [4.78, 5) is 46.6. The minimum absolute atomic E-state index is 0.368. The Labute approximate surface area is 202 Å². The third-order valence-electron chi connectivity index (χ3n) is 6.21. The molecule has 3 atom stereocenters. The Morgan fingerprint density at radius 1 is 0.914 bits per heavy atom. The molecule has 2 saturated heterocycles. The van der Waals surface area contributed by atoms with Crippen molar-refractivity contribution in [1.82, 2.24) is 0 Å². The predicted molar refractivity (Wildman–Crippen MR) is 128 cm³/mol. The molecule has 0 saturated carbocycles. The fourth-order valence-electron chi connectivity index (χ4n) is 4.64. The third kappa shape index (κ3) is 3.81. The van der Waals surface area contributed by atoms with Gasteiger partial charge >= 0.3 is 5.97 Å². The number of carbonyl (C=O) groups is 3. The van der Waals surface area contributed by atoms with E-state index in [1.165, 1.54) is 12.0 Å². The van der Waals surface area contributed by atoms with Gasteiger partial charge in [-0.25, -0.2) is 14.8 Å². The number of imide groups is 1. The topological polar surface area (TPSA) is 85.4 Å². The number of carbonyl (C=O) groups excluding carboxylic acids is 3. The molecule has 8 nitrogen and oxygen atoms in total. The molecule has 2 amide bonds. The summed E-state index contributed by atoms with van der Waals surface area (Å²) >= 11 is 0. The van der Waals surface area contributed by atoms with Gasteiger partial charge in [0.2, 0.25) is 5.91 Å². The minimum atomic E-state index is -0.998. The van der Waals surface area contributed by atoms with Crippen molar-refractivity contribution >= 4 is 29.2 Å². The molecule has 0 spiro atoms. The summed E-state index contributed by atoms with van der Waals surface area (Å²) in [5.74, 6) is -1.60. The zero-order valence-corrected chi connectivity index (χ0v) is 19.3. The van der Waals surface area contributed by atoms with Crippen molar-refractivity contribution in [2.75, 3.05) is 23.7 Å². The van der Waals surface area contributed by atoms with E-state index in [9.17, 15) is 14.4 Å². The van der Waals surface area contributed by atoms with Crippen molar-refractivity contribution in [2.45, 2.75) is 19.1 Å². The maximum absolute atomic E-state index is 13.8. The standard InChI is InChI=1S/C27H24N2O6/c1-3-34-21-12-8-7-11-20(21)28-25(30)22-23(17-13-15-18(16-14-17)27(32)33-2)29(35-24(22)26(28)31)19-9-5-4-6-10-19/h4-16,22-24H,3H2,1-2H3/t22-,23+,24+/m0/s1. The number of fused-ring (bicyclic) bond motifs is 1. The Bertz CT molecular complexity index is 1260. The van der Waals surface area contributed by atoms with Gasteiger partial charge < -0.3 is 9.47 Å². The van der Waals surface area contributed by atoms with Gasteiger partial charge in [-0.3, -0.25) is 14.4 Å². The molecule has 3 aromatic rings. The van der Waals surface area contributed by atoms with Crippen LogP contribution in [-0.2, 0) is 19.2 Å². The van der Waals surface area contributed by atoms with Gasteiger partial charge in [-0.2, -0.15) is 0 Å². The highest BCUT2D eigenvalue weighted by atomic mass is 16.7. The van der Waals surface area contributed by atoms with Crippen LogP contribution in [0.1, 0.15) is 28.9 Å². The van der Waals surface area contributed by atoms with E-state index in [-0.39, 0.29) is 5.91 Å². The Hall–Kier alpha value is -4.17. The van der Waals surface area contributed by atoms with Crippen LogP contribution in [-0.4, -0.2) is 37.6 Å². The number of hydroxylamine groups is 1. The van der Waals surface area contributed by atoms with Gasteiger partial charge in [-0.1, -0.05) is 42.5 Å². The van der Waals surface area contributed by atoms with Crippen molar-refractivity contribution < 1.29 is 28.7 Å².